The molecule has 0 amide bonds. The molecule has 20 heavy (non-hydrogen) atoms. The third kappa shape index (κ3) is 2.07. The smallest absolute Gasteiger partial charge is 0.140 e. The average Bonchev–Trinajstić information content (AvgIpc) is 2.78. The van der Waals surface area contributed by atoms with Gasteiger partial charge in [0.2, 0.25) is 0 Å². The summed E-state index contributed by atoms with van der Waals surface area (Å²) in [7, 11) is 0. The molecule has 0 fully saturated rings. The molecule has 5 heteroatoms. The molecule has 2 aromatic heterocycles. The number of nitrogens with zero attached hydrogens (tertiary/aromatic N) is 2. The number of benzene rings is 1. The van der Waals surface area contributed by atoms with Crippen LogP contribution in [0.25, 0.3) is 16.9 Å². The SMILES string of the molecule is Cc1cc(Cl)cn2c(CO)c(-c3ccc(F)cc3)nc12. The van der Waals surface area contributed by atoms with Gasteiger partial charge in [-0.25, -0.2) is 9.37 Å². The van der Waals surface area contributed by atoms with Crippen LogP contribution < -0.4 is 0 Å². The van der Waals surface area contributed by atoms with E-state index in [1.165, 1.54) is 12.1 Å². The molecule has 0 aliphatic rings. The topological polar surface area (TPSA) is 37.5 Å². The molecule has 0 spiro atoms. The zero-order valence-electron chi connectivity index (χ0n) is 10.8. The van der Waals surface area contributed by atoms with Crippen LogP contribution in [-0.4, -0.2) is 14.5 Å². The molecule has 0 saturated heterocycles. The summed E-state index contributed by atoms with van der Waals surface area (Å²) in [5.74, 6) is -0.303. The number of imidazole rings is 1. The van der Waals surface area contributed by atoms with Crippen molar-refractivity contribution in [2.24, 2.45) is 0 Å². The van der Waals surface area contributed by atoms with Gasteiger partial charge in [-0.2, -0.15) is 0 Å². The Balaban J connectivity index is 2.30. The number of pyridine rings is 1. The Morgan fingerprint density at radius 1 is 1.30 bits per heavy atom. The van der Waals surface area contributed by atoms with E-state index in [9.17, 15) is 9.50 Å². The fraction of sp³-hybridized carbons (Fsp3) is 0.133. The van der Waals surface area contributed by atoms with E-state index < -0.39 is 0 Å². The molecule has 0 aliphatic carbocycles. The van der Waals surface area contributed by atoms with Crippen LogP contribution in [0.2, 0.25) is 5.02 Å². The first kappa shape index (κ1) is 13.1. The molecule has 0 unspecified atom stereocenters. The van der Waals surface area contributed by atoms with Gasteiger partial charge < -0.3 is 5.11 Å². The van der Waals surface area contributed by atoms with E-state index in [0.29, 0.717) is 16.4 Å². The van der Waals surface area contributed by atoms with Gasteiger partial charge in [-0.05, 0) is 42.8 Å². The van der Waals surface area contributed by atoms with E-state index in [-0.39, 0.29) is 12.4 Å². The Hall–Kier alpha value is -1.91. The van der Waals surface area contributed by atoms with Crippen LogP contribution in [-0.2, 0) is 6.61 Å². The highest BCUT2D eigenvalue weighted by Crippen LogP contribution is 2.27. The second-order valence-electron chi connectivity index (χ2n) is 4.61. The zero-order chi connectivity index (χ0) is 14.3. The molecule has 0 bridgehead atoms. The third-order valence-electron chi connectivity index (χ3n) is 3.24. The van der Waals surface area contributed by atoms with E-state index in [1.807, 2.05) is 13.0 Å². The first-order valence-electron chi connectivity index (χ1n) is 6.14. The summed E-state index contributed by atoms with van der Waals surface area (Å²) in [5, 5.41) is 10.2. The molecule has 3 rings (SSSR count). The number of aryl methyl sites for hydroxylation is 1. The Morgan fingerprint density at radius 2 is 2.00 bits per heavy atom. The number of halogens is 2. The zero-order valence-corrected chi connectivity index (χ0v) is 11.5. The van der Waals surface area contributed by atoms with Crippen molar-refractivity contribution in [1.82, 2.24) is 9.38 Å². The van der Waals surface area contributed by atoms with Crippen LogP contribution in [0.15, 0.2) is 36.5 Å². The van der Waals surface area contributed by atoms with Crippen molar-refractivity contribution in [3.8, 4) is 11.3 Å². The van der Waals surface area contributed by atoms with E-state index in [4.69, 9.17) is 11.6 Å². The van der Waals surface area contributed by atoms with Crippen LogP contribution in [0, 0.1) is 12.7 Å². The molecule has 0 aliphatic heterocycles. The standard InChI is InChI=1S/C15H12ClFN2O/c1-9-6-11(16)7-19-13(8-20)14(18-15(9)19)10-2-4-12(17)5-3-10/h2-7,20H,8H2,1H3. The van der Waals surface area contributed by atoms with Gasteiger partial charge in [0.25, 0.3) is 0 Å². The number of aliphatic hydroxyl groups is 1. The first-order chi connectivity index (χ1) is 9.60. The number of hydrogen-bond donors (Lipinski definition) is 1. The van der Waals surface area contributed by atoms with Gasteiger partial charge in [0.05, 0.1) is 23.0 Å². The number of fused-ring (bicyclic) bond motifs is 1. The number of rotatable bonds is 2. The summed E-state index contributed by atoms with van der Waals surface area (Å²) in [5.41, 5.74) is 3.68. The summed E-state index contributed by atoms with van der Waals surface area (Å²) in [6.45, 7) is 1.73. The molecule has 2 heterocycles. The van der Waals surface area contributed by atoms with Crippen LogP contribution in [0.4, 0.5) is 4.39 Å². The fourth-order valence-corrected chi connectivity index (χ4v) is 2.57. The minimum absolute atomic E-state index is 0.173. The first-order valence-corrected chi connectivity index (χ1v) is 6.52. The van der Waals surface area contributed by atoms with E-state index in [0.717, 1.165) is 16.8 Å². The van der Waals surface area contributed by atoms with Gasteiger partial charge in [0.1, 0.15) is 11.5 Å². The normalized spacial score (nSPS) is 11.2. The van der Waals surface area contributed by atoms with Crippen molar-refractivity contribution in [3.05, 3.63) is 58.6 Å². The van der Waals surface area contributed by atoms with Gasteiger partial charge >= 0.3 is 0 Å². The average molecular weight is 291 g/mol. The Morgan fingerprint density at radius 3 is 2.65 bits per heavy atom. The number of aliphatic hydroxyl groups excluding tert-OH is 1. The lowest BCUT2D eigenvalue weighted by Crippen LogP contribution is -1.95. The lowest BCUT2D eigenvalue weighted by atomic mass is 10.1. The van der Waals surface area contributed by atoms with Crippen LogP contribution in [0.5, 0.6) is 0 Å². The number of aromatic nitrogens is 2. The van der Waals surface area contributed by atoms with Crippen molar-refractivity contribution in [3.63, 3.8) is 0 Å². The summed E-state index contributed by atoms with van der Waals surface area (Å²) >= 11 is 6.05. The third-order valence-corrected chi connectivity index (χ3v) is 3.44. The van der Waals surface area contributed by atoms with Crippen LogP contribution >= 0.6 is 11.6 Å². The lowest BCUT2D eigenvalue weighted by molar-refractivity contribution is 0.276. The Bertz CT molecular complexity index is 781. The molecule has 3 nitrogen and oxygen atoms in total. The maximum Gasteiger partial charge on any atom is 0.140 e. The molecule has 1 aromatic carbocycles. The van der Waals surface area contributed by atoms with Crippen molar-refractivity contribution in [2.45, 2.75) is 13.5 Å². The van der Waals surface area contributed by atoms with Crippen molar-refractivity contribution >= 4 is 17.2 Å². The van der Waals surface area contributed by atoms with Crippen molar-refractivity contribution in [1.29, 1.82) is 0 Å². The highest BCUT2D eigenvalue weighted by Gasteiger charge is 2.15. The minimum Gasteiger partial charge on any atom is -0.390 e. The minimum atomic E-state index is -0.303. The number of hydrogen-bond acceptors (Lipinski definition) is 2. The lowest BCUT2D eigenvalue weighted by Gasteiger charge is -2.03. The summed E-state index contributed by atoms with van der Waals surface area (Å²) in [6, 6.07) is 7.86. The van der Waals surface area contributed by atoms with Gasteiger partial charge in [-0.15, -0.1) is 0 Å². The fourth-order valence-electron chi connectivity index (χ4n) is 2.31. The molecular formula is C15H12ClFN2O. The monoisotopic (exact) mass is 290 g/mol. The molecule has 0 radical (unpaired) electrons. The van der Waals surface area contributed by atoms with Crippen molar-refractivity contribution in [2.75, 3.05) is 0 Å². The Labute approximate surface area is 120 Å². The second-order valence-corrected chi connectivity index (χ2v) is 5.04. The molecule has 102 valence electrons. The maximum absolute atomic E-state index is 13.0. The molecule has 3 aromatic rings. The summed E-state index contributed by atoms with van der Waals surface area (Å²) < 4.78 is 14.8. The molecule has 1 N–H and O–H groups in total. The van der Waals surface area contributed by atoms with Crippen LogP contribution in [0.1, 0.15) is 11.3 Å². The maximum atomic E-state index is 13.0. The van der Waals surface area contributed by atoms with Gasteiger partial charge in [-0.3, -0.25) is 4.40 Å². The van der Waals surface area contributed by atoms with E-state index in [1.54, 1.807) is 22.7 Å². The highest BCUT2D eigenvalue weighted by atomic mass is 35.5. The van der Waals surface area contributed by atoms with Gasteiger partial charge in [-0.1, -0.05) is 11.6 Å². The summed E-state index contributed by atoms with van der Waals surface area (Å²) in [4.78, 5) is 4.55. The van der Waals surface area contributed by atoms with Gasteiger partial charge in [0.15, 0.2) is 0 Å². The van der Waals surface area contributed by atoms with Crippen molar-refractivity contribution < 1.29 is 9.50 Å². The van der Waals surface area contributed by atoms with Crippen LogP contribution in [0.3, 0.4) is 0 Å². The highest BCUT2D eigenvalue weighted by molar-refractivity contribution is 6.30. The predicted molar refractivity (Wildman–Crippen MR) is 76.3 cm³/mol. The van der Waals surface area contributed by atoms with E-state index in [2.05, 4.69) is 4.98 Å². The largest absolute Gasteiger partial charge is 0.390 e. The van der Waals surface area contributed by atoms with Gasteiger partial charge in [0, 0.05) is 11.8 Å². The molecule has 0 saturated carbocycles. The molecular weight excluding hydrogens is 279 g/mol. The van der Waals surface area contributed by atoms with E-state index >= 15 is 0 Å². The quantitative estimate of drug-likeness (QED) is 0.783. The summed E-state index contributed by atoms with van der Waals surface area (Å²) in [6.07, 6.45) is 1.72. The molecule has 0 atom stereocenters. The predicted octanol–water partition coefficient (Wildman–Crippen LogP) is 3.59. The Kier molecular flexibility index (Phi) is 3.20. The second kappa shape index (κ2) is 4.89.